The van der Waals surface area contributed by atoms with Crippen molar-refractivity contribution in [2.24, 2.45) is 5.10 Å². The average Bonchev–Trinajstić information content (AvgIpc) is 2.49. The molecule has 4 heteroatoms. The highest BCUT2D eigenvalue weighted by molar-refractivity contribution is 6.30. The zero-order valence-electron chi connectivity index (χ0n) is 11.6. The molecule has 0 unspecified atom stereocenters. The fourth-order valence-corrected chi connectivity index (χ4v) is 1.83. The lowest BCUT2D eigenvalue weighted by Gasteiger charge is -2.00. The predicted molar refractivity (Wildman–Crippen MR) is 87.5 cm³/mol. The van der Waals surface area contributed by atoms with Crippen LogP contribution in [-0.2, 0) is 0 Å². The van der Waals surface area contributed by atoms with E-state index < -0.39 is 0 Å². The van der Waals surface area contributed by atoms with Crippen molar-refractivity contribution in [3.8, 4) is 0 Å². The maximum Gasteiger partial charge on any atom is 0.271 e. The van der Waals surface area contributed by atoms with E-state index in [1.165, 1.54) is 0 Å². The van der Waals surface area contributed by atoms with Gasteiger partial charge in [0.2, 0.25) is 0 Å². The lowest BCUT2D eigenvalue weighted by atomic mass is 10.1. The second kappa shape index (κ2) is 7.41. The van der Waals surface area contributed by atoms with Gasteiger partial charge in [-0.1, -0.05) is 48.0 Å². The number of hydrogen-bond donors (Lipinski definition) is 1. The quantitative estimate of drug-likeness (QED) is 0.668. The summed E-state index contributed by atoms with van der Waals surface area (Å²) in [5.74, 6) is -0.268. The minimum absolute atomic E-state index is 0.268. The minimum atomic E-state index is -0.268. The van der Waals surface area contributed by atoms with Gasteiger partial charge in [0.05, 0.1) is 6.21 Å². The third-order valence-corrected chi connectivity index (χ3v) is 2.99. The standard InChI is InChI=1S/C17H15ClN2O/c1-13(11-14-5-3-2-4-6-14)12-19-20-17(21)15-7-9-16(18)10-8-15/h2-12H,1H3,(H,20,21)/b13-11+,19-12+. The Balaban J connectivity index is 1.94. The van der Waals surface area contributed by atoms with Gasteiger partial charge in [-0.2, -0.15) is 5.10 Å². The Morgan fingerprint density at radius 2 is 1.76 bits per heavy atom. The molecule has 2 rings (SSSR count). The molecular formula is C17H15ClN2O. The summed E-state index contributed by atoms with van der Waals surface area (Å²) in [6, 6.07) is 16.6. The van der Waals surface area contributed by atoms with E-state index in [1.807, 2.05) is 43.3 Å². The Morgan fingerprint density at radius 1 is 1.10 bits per heavy atom. The summed E-state index contributed by atoms with van der Waals surface area (Å²) in [6.45, 7) is 1.92. The van der Waals surface area contributed by atoms with Crippen LogP contribution < -0.4 is 5.43 Å². The molecule has 21 heavy (non-hydrogen) atoms. The molecule has 0 bridgehead atoms. The zero-order chi connectivity index (χ0) is 15.1. The van der Waals surface area contributed by atoms with Crippen molar-refractivity contribution >= 4 is 29.8 Å². The van der Waals surface area contributed by atoms with Gasteiger partial charge in [0, 0.05) is 10.6 Å². The van der Waals surface area contributed by atoms with Gasteiger partial charge in [-0.3, -0.25) is 4.79 Å². The summed E-state index contributed by atoms with van der Waals surface area (Å²) >= 11 is 5.77. The number of nitrogens with one attached hydrogen (secondary N) is 1. The summed E-state index contributed by atoms with van der Waals surface area (Å²) in [7, 11) is 0. The summed E-state index contributed by atoms with van der Waals surface area (Å²) in [6.07, 6.45) is 3.60. The maximum absolute atomic E-state index is 11.8. The first-order valence-electron chi connectivity index (χ1n) is 6.47. The molecule has 0 aliphatic rings. The lowest BCUT2D eigenvalue weighted by molar-refractivity contribution is 0.0955. The van der Waals surface area contributed by atoms with Crippen molar-refractivity contribution in [1.29, 1.82) is 0 Å². The van der Waals surface area contributed by atoms with Gasteiger partial charge in [0.1, 0.15) is 0 Å². The molecular weight excluding hydrogens is 284 g/mol. The van der Waals surface area contributed by atoms with Crippen molar-refractivity contribution in [2.75, 3.05) is 0 Å². The van der Waals surface area contributed by atoms with Gasteiger partial charge >= 0.3 is 0 Å². The first-order valence-corrected chi connectivity index (χ1v) is 6.85. The molecule has 0 heterocycles. The van der Waals surface area contributed by atoms with Gasteiger partial charge in [0.15, 0.2) is 0 Å². The first-order chi connectivity index (χ1) is 10.1. The van der Waals surface area contributed by atoms with Crippen LogP contribution in [-0.4, -0.2) is 12.1 Å². The molecule has 1 N–H and O–H groups in total. The molecule has 0 fully saturated rings. The predicted octanol–water partition coefficient (Wildman–Crippen LogP) is 4.16. The van der Waals surface area contributed by atoms with Gasteiger partial charge < -0.3 is 0 Å². The Hall–Kier alpha value is -2.39. The molecule has 0 saturated carbocycles. The number of benzene rings is 2. The third-order valence-electron chi connectivity index (χ3n) is 2.73. The third kappa shape index (κ3) is 4.89. The summed E-state index contributed by atoms with van der Waals surface area (Å²) in [5.41, 5.74) is 5.03. The number of carbonyl (C=O) groups excluding carboxylic acids is 1. The van der Waals surface area contributed by atoms with Crippen LogP contribution in [0.25, 0.3) is 6.08 Å². The van der Waals surface area contributed by atoms with Crippen molar-refractivity contribution in [1.82, 2.24) is 5.43 Å². The van der Waals surface area contributed by atoms with Crippen molar-refractivity contribution in [2.45, 2.75) is 6.92 Å². The topological polar surface area (TPSA) is 41.5 Å². The van der Waals surface area contributed by atoms with Crippen molar-refractivity contribution in [3.63, 3.8) is 0 Å². The Kier molecular flexibility index (Phi) is 5.29. The number of hydrogen-bond acceptors (Lipinski definition) is 2. The maximum atomic E-state index is 11.8. The molecule has 2 aromatic carbocycles. The van der Waals surface area contributed by atoms with Crippen LogP contribution in [0.2, 0.25) is 5.02 Å². The van der Waals surface area contributed by atoms with E-state index in [4.69, 9.17) is 11.6 Å². The number of carbonyl (C=O) groups is 1. The first kappa shape index (κ1) is 15.0. The summed E-state index contributed by atoms with van der Waals surface area (Å²) in [4.78, 5) is 11.8. The highest BCUT2D eigenvalue weighted by Crippen LogP contribution is 2.09. The Labute approximate surface area is 129 Å². The van der Waals surface area contributed by atoms with Crippen LogP contribution in [0.15, 0.2) is 65.3 Å². The Morgan fingerprint density at radius 3 is 2.43 bits per heavy atom. The smallest absolute Gasteiger partial charge is 0.267 e. The normalized spacial score (nSPS) is 11.6. The van der Waals surface area contributed by atoms with Crippen LogP contribution in [0.3, 0.4) is 0 Å². The lowest BCUT2D eigenvalue weighted by Crippen LogP contribution is -2.17. The molecule has 2 aromatic rings. The highest BCUT2D eigenvalue weighted by Gasteiger charge is 2.02. The largest absolute Gasteiger partial charge is 0.271 e. The number of halogens is 1. The van der Waals surface area contributed by atoms with E-state index in [0.717, 1.165) is 11.1 Å². The molecule has 0 atom stereocenters. The zero-order valence-corrected chi connectivity index (χ0v) is 12.3. The molecule has 0 aliphatic heterocycles. The van der Waals surface area contributed by atoms with Crippen molar-refractivity contribution in [3.05, 3.63) is 76.3 Å². The van der Waals surface area contributed by atoms with Gasteiger partial charge in [-0.05, 0) is 42.3 Å². The number of hydrazone groups is 1. The SMILES string of the molecule is CC(/C=N/NC(=O)c1ccc(Cl)cc1)=C\c1ccccc1. The molecule has 3 nitrogen and oxygen atoms in total. The second-order valence-electron chi connectivity index (χ2n) is 4.51. The van der Waals surface area contributed by atoms with E-state index in [1.54, 1.807) is 30.5 Å². The van der Waals surface area contributed by atoms with Crippen LogP contribution in [0.1, 0.15) is 22.8 Å². The number of amides is 1. The van der Waals surface area contributed by atoms with Crippen LogP contribution in [0, 0.1) is 0 Å². The summed E-state index contributed by atoms with van der Waals surface area (Å²) in [5, 5.41) is 4.53. The molecule has 0 aliphatic carbocycles. The van der Waals surface area contributed by atoms with Gasteiger partial charge in [-0.25, -0.2) is 5.43 Å². The van der Waals surface area contributed by atoms with E-state index in [9.17, 15) is 4.79 Å². The van der Waals surface area contributed by atoms with Crippen LogP contribution >= 0.6 is 11.6 Å². The molecule has 0 saturated heterocycles. The monoisotopic (exact) mass is 298 g/mol. The average molecular weight is 299 g/mol. The molecule has 1 amide bonds. The number of nitrogens with zero attached hydrogens (tertiary/aromatic N) is 1. The van der Waals surface area contributed by atoms with Crippen molar-refractivity contribution < 1.29 is 4.79 Å². The van der Waals surface area contributed by atoms with Gasteiger partial charge in [0.25, 0.3) is 5.91 Å². The minimum Gasteiger partial charge on any atom is -0.267 e. The fourth-order valence-electron chi connectivity index (χ4n) is 1.71. The molecule has 0 spiro atoms. The highest BCUT2D eigenvalue weighted by atomic mass is 35.5. The fraction of sp³-hybridized carbons (Fsp3) is 0.0588. The van der Waals surface area contributed by atoms with E-state index in [0.29, 0.717) is 10.6 Å². The van der Waals surface area contributed by atoms with E-state index in [-0.39, 0.29) is 5.91 Å². The number of allylic oxidation sites excluding steroid dienone is 1. The van der Waals surface area contributed by atoms with Gasteiger partial charge in [-0.15, -0.1) is 0 Å². The van der Waals surface area contributed by atoms with E-state index >= 15 is 0 Å². The summed E-state index contributed by atoms with van der Waals surface area (Å²) < 4.78 is 0. The van der Waals surface area contributed by atoms with Crippen LogP contribution in [0.4, 0.5) is 0 Å². The second-order valence-corrected chi connectivity index (χ2v) is 4.94. The number of rotatable bonds is 4. The van der Waals surface area contributed by atoms with Crippen LogP contribution in [0.5, 0.6) is 0 Å². The van der Waals surface area contributed by atoms with E-state index in [2.05, 4.69) is 10.5 Å². The molecule has 0 aromatic heterocycles. The molecule has 106 valence electrons. The Bertz CT molecular complexity index is 661. The molecule has 0 radical (unpaired) electrons.